The van der Waals surface area contributed by atoms with Gasteiger partial charge >= 0.3 is 0 Å². The summed E-state index contributed by atoms with van der Waals surface area (Å²) in [4.78, 5) is 45.6. The second-order valence-corrected chi connectivity index (χ2v) is 12.2. The fourth-order valence-corrected chi connectivity index (χ4v) is 6.31. The topological polar surface area (TPSA) is 145 Å². The van der Waals surface area contributed by atoms with Crippen LogP contribution in [0.1, 0.15) is 34.5 Å². The first kappa shape index (κ1) is 31.8. The van der Waals surface area contributed by atoms with Crippen molar-refractivity contribution in [1.82, 2.24) is 20.5 Å². The molecule has 4 N–H and O–H groups in total. The third-order valence-electron chi connectivity index (χ3n) is 8.07. The van der Waals surface area contributed by atoms with Gasteiger partial charge in [0.2, 0.25) is 5.91 Å². The molecule has 6 bridgehead atoms. The number of methoxy groups -OCH3 is 1. The molecule has 13 heteroatoms. The van der Waals surface area contributed by atoms with Crippen LogP contribution in [-0.4, -0.2) is 66.6 Å². The number of fused-ring (bicyclic) bond motifs is 8. The Balaban J connectivity index is 1.31. The van der Waals surface area contributed by atoms with Gasteiger partial charge in [0.05, 0.1) is 18.8 Å². The zero-order valence-electron chi connectivity index (χ0n) is 25.7. The molecule has 4 aromatic rings. The molecule has 2 aliphatic heterocycles. The van der Waals surface area contributed by atoms with Gasteiger partial charge in [-0.1, -0.05) is 12.1 Å². The summed E-state index contributed by atoms with van der Waals surface area (Å²) in [6, 6.07) is 15.8. The van der Waals surface area contributed by atoms with E-state index >= 15 is 0 Å². The number of nitrogens with two attached hydrogens (primary N) is 1. The van der Waals surface area contributed by atoms with Crippen LogP contribution >= 0.6 is 11.3 Å². The van der Waals surface area contributed by atoms with Crippen molar-refractivity contribution >= 4 is 34.2 Å². The van der Waals surface area contributed by atoms with E-state index < -0.39 is 18.0 Å². The molecule has 0 saturated carbocycles. The quantitative estimate of drug-likeness (QED) is 0.299. The van der Waals surface area contributed by atoms with E-state index in [1.165, 1.54) is 23.5 Å². The number of aromatic nitrogens is 1. The number of nitrogens with one attached hydrogen (secondary N) is 2. The molecule has 3 aromatic carbocycles. The van der Waals surface area contributed by atoms with E-state index in [4.69, 9.17) is 19.9 Å². The minimum atomic E-state index is -0.620. The molecular weight excluding hydrogens is 625 g/mol. The number of amides is 3. The van der Waals surface area contributed by atoms with Crippen LogP contribution in [0.2, 0.25) is 0 Å². The number of carbonyl (C=O) groups excluding carboxylic acids is 3. The average Bonchev–Trinajstić information content (AvgIpc) is 3.50. The third kappa shape index (κ3) is 7.80. The highest BCUT2D eigenvalue weighted by Crippen LogP contribution is 2.33. The van der Waals surface area contributed by atoms with Gasteiger partial charge in [0.15, 0.2) is 11.7 Å². The van der Waals surface area contributed by atoms with Crippen LogP contribution in [0.25, 0.3) is 11.1 Å². The molecule has 1 aromatic heterocycles. The minimum absolute atomic E-state index is 0.0527. The maximum Gasteiger partial charge on any atom is 0.258 e. The van der Waals surface area contributed by atoms with E-state index in [1.807, 2.05) is 11.4 Å². The Morgan fingerprint density at radius 1 is 1.13 bits per heavy atom. The highest BCUT2D eigenvalue weighted by molar-refractivity contribution is 7.13. The number of rotatable bonds is 4. The molecule has 0 spiro atoms. The van der Waals surface area contributed by atoms with Gasteiger partial charge in [0.1, 0.15) is 29.2 Å². The largest absolute Gasteiger partial charge is 0.496 e. The molecule has 47 heavy (non-hydrogen) atoms. The average molecular weight is 660 g/mol. The number of likely N-dealkylation sites (tertiary alicyclic amines) is 1. The summed E-state index contributed by atoms with van der Waals surface area (Å²) in [5.41, 5.74) is 8.72. The van der Waals surface area contributed by atoms with Crippen molar-refractivity contribution < 1.29 is 33.0 Å². The standard InChI is InChI=1S/C34H34FN5O6S/c1-44-29-7-5-22-14-27(29)21-3-2-4-25(13-21)45-18-31(41)37-16-20-11-23(35)15-26(12-20)46-30-9-10-40(17-28(30)39-33(22)43)32(42)8-6-24-19-47-34(36)38-24/h2-5,7,11-15,19,28,30H,6,8-10,16-18H2,1H3,(H2,36,38)(H,37,41)(H,39,43)/t28-,30-/m1/s1. The number of aryl methyl sites for hydroxylation is 1. The van der Waals surface area contributed by atoms with E-state index in [-0.39, 0.29) is 49.6 Å². The minimum Gasteiger partial charge on any atom is -0.496 e. The van der Waals surface area contributed by atoms with E-state index in [2.05, 4.69) is 15.6 Å². The summed E-state index contributed by atoms with van der Waals surface area (Å²) in [5, 5.41) is 8.11. The maximum atomic E-state index is 14.7. The van der Waals surface area contributed by atoms with E-state index in [0.717, 1.165) is 11.3 Å². The van der Waals surface area contributed by atoms with Crippen molar-refractivity contribution in [3.8, 4) is 28.4 Å². The first-order valence-electron chi connectivity index (χ1n) is 15.2. The van der Waals surface area contributed by atoms with Crippen LogP contribution < -0.4 is 30.6 Å². The summed E-state index contributed by atoms with van der Waals surface area (Å²) in [6.45, 7) is 0.376. The monoisotopic (exact) mass is 659 g/mol. The van der Waals surface area contributed by atoms with Gasteiger partial charge in [0, 0.05) is 55.0 Å². The molecule has 0 radical (unpaired) electrons. The van der Waals surface area contributed by atoms with Crippen molar-refractivity contribution in [2.24, 2.45) is 0 Å². The number of hydrogen-bond donors (Lipinski definition) is 3. The van der Waals surface area contributed by atoms with Crippen molar-refractivity contribution in [3.05, 3.63) is 88.7 Å². The first-order valence-corrected chi connectivity index (χ1v) is 16.0. The number of halogens is 1. The molecule has 3 heterocycles. The number of thiazole rings is 1. The zero-order valence-corrected chi connectivity index (χ0v) is 26.5. The van der Waals surface area contributed by atoms with Gasteiger partial charge in [-0.2, -0.15) is 0 Å². The third-order valence-corrected chi connectivity index (χ3v) is 8.79. The lowest BCUT2D eigenvalue weighted by Crippen LogP contribution is -2.58. The maximum absolute atomic E-state index is 14.7. The fraction of sp³-hybridized carbons (Fsp3) is 0.294. The highest BCUT2D eigenvalue weighted by Gasteiger charge is 2.34. The van der Waals surface area contributed by atoms with E-state index in [0.29, 0.717) is 52.7 Å². The van der Waals surface area contributed by atoms with Crippen molar-refractivity contribution in [3.63, 3.8) is 0 Å². The Morgan fingerprint density at radius 3 is 2.81 bits per heavy atom. The van der Waals surface area contributed by atoms with Gasteiger partial charge in [-0.05, 0) is 60.0 Å². The summed E-state index contributed by atoms with van der Waals surface area (Å²) in [6.07, 6.45) is 0.499. The van der Waals surface area contributed by atoms with Crippen molar-refractivity contribution in [2.75, 3.05) is 32.5 Å². The van der Waals surface area contributed by atoms with Crippen LogP contribution in [0, 0.1) is 5.82 Å². The molecule has 2 aliphatic rings. The highest BCUT2D eigenvalue weighted by atomic mass is 32.1. The number of anilines is 1. The van der Waals surface area contributed by atoms with E-state index in [1.54, 1.807) is 54.5 Å². The Labute approximate surface area is 274 Å². The molecule has 2 atom stereocenters. The van der Waals surface area contributed by atoms with Gasteiger partial charge in [-0.3, -0.25) is 14.4 Å². The normalized spacial score (nSPS) is 18.2. The summed E-state index contributed by atoms with van der Waals surface area (Å²) in [5.74, 6) is -0.145. The fourth-order valence-electron chi connectivity index (χ4n) is 5.71. The summed E-state index contributed by atoms with van der Waals surface area (Å²) >= 11 is 1.33. The zero-order chi connectivity index (χ0) is 32.9. The Kier molecular flexibility index (Phi) is 9.52. The van der Waals surface area contributed by atoms with Crippen molar-refractivity contribution in [1.29, 1.82) is 0 Å². The number of piperidine rings is 1. The molecule has 3 amide bonds. The van der Waals surface area contributed by atoms with Gasteiger partial charge < -0.3 is 35.5 Å². The smallest absolute Gasteiger partial charge is 0.258 e. The molecule has 0 aliphatic carbocycles. The van der Waals surface area contributed by atoms with Crippen molar-refractivity contribution in [2.45, 2.75) is 38.0 Å². The number of nitrogen functional groups attached to an aromatic ring is 1. The predicted octanol–water partition coefficient (Wildman–Crippen LogP) is 3.96. The lowest BCUT2D eigenvalue weighted by Gasteiger charge is -2.39. The predicted molar refractivity (Wildman–Crippen MR) is 174 cm³/mol. The molecule has 1 fully saturated rings. The second-order valence-electron chi connectivity index (χ2n) is 11.3. The molecule has 0 unspecified atom stereocenters. The first-order chi connectivity index (χ1) is 22.7. The van der Waals surface area contributed by atoms with E-state index in [9.17, 15) is 18.8 Å². The molecule has 244 valence electrons. The molecule has 11 nitrogen and oxygen atoms in total. The van der Waals surface area contributed by atoms with Gasteiger partial charge in [0.25, 0.3) is 11.8 Å². The van der Waals surface area contributed by atoms with Crippen LogP contribution in [0.5, 0.6) is 17.2 Å². The summed E-state index contributed by atoms with van der Waals surface area (Å²) < 4.78 is 32.3. The van der Waals surface area contributed by atoms with Gasteiger partial charge in [-0.25, -0.2) is 9.37 Å². The Hall–Kier alpha value is -5.17. The molecule has 6 rings (SSSR count). The van der Waals surface area contributed by atoms with Crippen LogP contribution in [0.4, 0.5) is 9.52 Å². The number of hydrogen-bond acceptors (Lipinski definition) is 9. The SMILES string of the molecule is COc1ccc2cc1-c1cccc(c1)OCC(=O)NCc1cc(F)cc(c1)O[C@@H]1CCN(C(=O)CCc3csc(N)n3)C[C@H]1NC2=O. The lowest BCUT2D eigenvalue weighted by molar-refractivity contribution is -0.133. The number of carbonyl (C=O) groups is 3. The Bertz CT molecular complexity index is 1800. The number of benzene rings is 3. The second kappa shape index (κ2) is 14.1. The lowest BCUT2D eigenvalue weighted by atomic mass is 9.98. The number of nitrogens with zero attached hydrogens (tertiary/aromatic N) is 2. The van der Waals surface area contributed by atoms with Crippen LogP contribution in [-0.2, 0) is 22.6 Å². The van der Waals surface area contributed by atoms with Crippen LogP contribution in [0.3, 0.4) is 0 Å². The van der Waals surface area contributed by atoms with Gasteiger partial charge in [-0.15, -0.1) is 11.3 Å². The number of ether oxygens (including phenoxy) is 3. The molecule has 1 saturated heterocycles. The Morgan fingerprint density at radius 2 is 2.00 bits per heavy atom. The molecular formula is C34H34FN5O6S. The summed E-state index contributed by atoms with van der Waals surface area (Å²) in [7, 11) is 1.54. The van der Waals surface area contributed by atoms with Crippen LogP contribution in [0.15, 0.2) is 66.0 Å².